The van der Waals surface area contributed by atoms with Crippen LogP contribution in [0, 0.1) is 0 Å². The third-order valence-electron chi connectivity index (χ3n) is 9.61. The average Bonchev–Trinajstić information content (AvgIpc) is 3.60. The summed E-state index contributed by atoms with van der Waals surface area (Å²) in [5, 5.41) is 5.13. The highest BCUT2D eigenvalue weighted by atomic mass is 31.2. The molecule has 6 aromatic carbocycles. The van der Waals surface area contributed by atoms with Gasteiger partial charge in [-0.3, -0.25) is 0 Å². The number of aromatic nitrogens is 1. The molecule has 2 heterocycles. The molecule has 42 heavy (non-hydrogen) atoms. The fraction of sp³-hybridized carbons (Fsp3) is 0.0769. The minimum atomic E-state index is -3.06. The Hall–Kier alpha value is -4.65. The Morgan fingerprint density at radius 3 is 2.10 bits per heavy atom. The summed E-state index contributed by atoms with van der Waals surface area (Å²) in [5.74, 6) is 0. The van der Waals surface area contributed by atoms with E-state index in [0.717, 1.165) is 38.1 Å². The fourth-order valence-electron chi connectivity index (χ4n) is 7.75. The van der Waals surface area contributed by atoms with Gasteiger partial charge in [-0.15, -0.1) is 0 Å². The van der Waals surface area contributed by atoms with E-state index in [0.29, 0.717) is 0 Å². The molecular weight excluding hydrogens is 529 g/mol. The highest BCUT2D eigenvalue weighted by Crippen LogP contribution is 2.56. The Bertz CT molecular complexity index is 2310. The van der Waals surface area contributed by atoms with Crippen molar-refractivity contribution in [1.82, 2.24) is 4.57 Å². The van der Waals surface area contributed by atoms with E-state index in [2.05, 4.69) is 115 Å². The molecule has 1 aromatic heterocycles. The molecule has 0 fully saturated rings. The van der Waals surface area contributed by atoms with Gasteiger partial charge in [0.05, 0.1) is 16.7 Å². The lowest BCUT2D eigenvalue weighted by Crippen LogP contribution is -2.20. The van der Waals surface area contributed by atoms with Crippen molar-refractivity contribution in [3.8, 4) is 27.9 Å². The van der Waals surface area contributed by atoms with Crippen molar-refractivity contribution in [3.05, 3.63) is 145 Å². The number of para-hydroxylation sites is 1. The number of hydrogen-bond acceptors (Lipinski definition) is 1. The van der Waals surface area contributed by atoms with Crippen molar-refractivity contribution in [3.63, 3.8) is 0 Å². The highest BCUT2D eigenvalue weighted by Gasteiger charge is 2.42. The first-order valence-corrected chi connectivity index (χ1v) is 16.3. The van der Waals surface area contributed by atoms with Gasteiger partial charge >= 0.3 is 0 Å². The molecular formula is C39H28NOP. The maximum atomic E-state index is 15.4. The van der Waals surface area contributed by atoms with Gasteiger partial charge < -0.3 is 9.13 Å². The van der Waals surface area contributed by atoms with Gasteiger partial charge in [-0.05, 0) is 40.5 Å². The summed E-state index contributed by atoms with van der Waals surface area (Å²) in [7, 11) is -3.06. The third kappa shape index (κ3) is 2.83. The van der Waals surface area contributed by atoms with Crippen LogP contribution in [0.2, 0.25) is 0 Å². The van der Waals surface area contributed by atoms with Gasteiger partial charge in [-0.2, -0.15) is 0 Å². The number of fused-ring (bicyclic) bond motifs is 10. The fourth-order valence-corrected chi connectivity index (χ4v) is 10.8. The molecule has 1 atom stereocenters. The molecule has 9 rings (SSSR count). The number of hydrogen-bond donors (Lipinski definition) is 0. The maximum Gasteiger partial charge on any atom is 0.172 e. The first kappa shape index (κ1) is 24.0. The average molecular weight is 558 g/mol. The van der Waals surface area contributed by atoms with E-state index < -0.39 is 7.14 Å². The lowest BCUT2D eigenvalue weighted by Gasteiger charge is -2.22. The van der Waals surface area contributed by atoms with Crippen LogP contribution in [0.15, 0.2) is 133 Å². The lowest BCUT2D eigenvalue weighted by atomic mass is 9.82. The molecule has 0 spiro atoms. The van der Waals surface area contributed by atoms with E-state index in [1.807, 2.05) is 36.4 Å². The molecule has 200 valence electrons. The molecule has 1 aliphatic heterocycles. The van der Waals surface area contributed by atoms with E-state index in [9.17, 15) is 0 Å². The first-order chi connectivity index (χ1) is 20.5. The number of rotatable bonds is 2. The van der Waals surface area contributed by atoms with Crippen LogP contribution in [-0.4, -0.2) is 4.57 Å². The monoisotopic (exact) mass is 557 g/mol. The quantitative estimate of drug-likeness (QED) is 0.195. The second-order valence-corrected chi connectivity index (χ2v) is 14.7. The van der Waals surface area contributed by atoms with Gasteiger partial charge in [-0.1, -0.05) is 129 Å². The minimum Gasteiger partial charge on any atom is -0.309 e. The summed E-state index contributed by atoms with van der Waals surface area (Å²) >= 11 is 0. The minimum absolute atomic E-state index is 0.0990. The van der Waals surface area contributed by atoms with Crippen LogP contribution >= 0.6 is 7.14 Å². The van der Waals surface area contributed by atoms with E-state index in [-0.39, 0.29) is 5.41 Å². The zero-order valence-electron chi connectivity index (χ0n) is 23.5. The van der Waals surface area contributed by atoms with Crippen LogP contribution in [0.1, 0.15) is 25.0 Å². The lowest BCUT2D eigenvalue weighted by molar-refractivity contribution is 0.593. The molecule has 3 heteroatoms. The Morgan fingerprint density at radius 1 is 0.548 bits per heavy atom. The van der Waals surface area contributed by atoms with Gasteiger partial charge in [0.15, 0.2) is 7.14 Å². The Labute approximate surface area is 245 Å². The van der Waals surface area contributed by atoms with E-state index in [4.69, 9.17) is 0 Å². The van der Waals surface area contributed by atoms with E-state index >= 15 is 4.57 Å². The zero-order chi connectivity index (χ0) is 28.2. The van der Waals surface area contributed by atoms with Gasteiger partial charge in [0, 0.05) is 43.2 Å². The molecule has 0 saturated heterocycles. The second-order valence-electron chi connectivity index (χ2n) is 12.0. The topological polar surface area (TPSA) is 22.0 Å². The van der Waals surface area contributed by atoms with Crippen LogP contribution in [-0.2, 0) is 9.98 Å². The van der Waals surface area contributed by atoms with Crippen LogP contribution < -0.4 is 15.9 Å². The predicted octanol–water partition coefficient (Wildman–Crippen LogP) is 8.71. The van der Waals surface area contributed by atoms with Crippen LogP contribution in [0.25, 0.3) is 49.7 Å². The standard InChI is InChI=1S/C39H28NOP/c1-39(2)30-18-9-6-16-28(30)36-31(39)19-12-21-33(36)40-32-20-10-7-15-26(32)27-23-24-35-37(38(27)40)29-17-8-11-22-34(29)42(35,41)25-13-4-3-5-14-25/h3-24H,1-2H3. The number of nitrogens with zero attached hydrogens (tertiary/aromatic N) is 1. The second kappa shape index (κ2) is 8.22. The summed E-state index contributed by atoms with van der Waals surface area (Å²) < 4.78 is 17.8. The molecule has 0 saturated carbocycles. The van der Waals surface area contributed by atoms with E-state index in [1.54, 1.807) is 0 Å². The smallest absolute Gasteiger partial charge is 0.172 e. The summed E-state index contributed by atoms with van der Waals surface area (Å²) in [4.78, 5) is 0. The normalized spacial score (nSPS) is 17.7. The van der Waals surface area contributed by atoms with Crippen LogP contribution in [0.3, 0.4) is 0 Å². The SMILES string of the molecule is CC1(C)c2ccccc2-c2c(-n3c4ccccc4c4ccc5c(c43)-c3ccccc3P5(=O)c3ccccc3)cccc21. The number of benzene rings is 6. The highest BCUT2D eigenvalue weighted by molar-refractivity contribution is 7.86. The molecule has 7 aromatic rings. The molecule has 2 nitrogen and oxygen atoms in total. The van der Waals surface area contributed by atoms with Gasteiger partial charge in [0.2, 0.25) is 0 Å². The van der Waals surface area contributed by atoms with Crippen molar-refractivity contribution in [2.24, 2.45) is 0 Å². The van der Waals surface area contributed by atoms with Crippen molar-refractivity contribution < 1.29 is 4.57 Å². The molecule has 1 aliphatic carbocycles. The van der Waals surface area contributed by atoms with Gasteiger partial charge in [0.1, 0.15) is 0 Å². The Balaban J connectivity index is 1.48. The Kier molecular flexibility index (Phi) is 4.69. The summed E-state index contributed by atoms with van der Waals surface area (Å²) in [6.07, 6.45) is 0. The Morgan fingerprint density at radius 2 is 1.24 bits per heavy atom. The molecule has 0 amide bonds. The van der Waals surface area contributed by atoms with E-state index in [1.165, 1.54) is 38.7 Å². The predicted molar refractivity (Wildman–Crippen MR) is 177 cm³/mol. The van der Waals surface area contributed by atoms with Crippen molar-refractivity contribution >= 4 is 44.9 Å². The maximum absolute atomic E-state index is 15.4. The molecule has 0 bridgehead atoms. The molecule has 1 unspecified atom stereocenters. The largest absolute Gasteiger partial charge is 0.309 e. The van der Waals surface area contributed by atoms with Gasteiger partial charge in [-0.25, -0.2) is 0 Å². The third-order valence-corrected chi connectivity index (χ3v) is 12.8. The van der Waals surface area contributed by atoms with Crippen molar-refractivity contribution in [2.75, 3.05) is 0 Å². The molecule has 2 aliphatic rings. The summed E-state index contributed by atoms with van der Waals surface area (Å²) in [6, 6.07) is 47.0. The zero-order valence-corrected chi connectivity index (χ0v) is 24.4. The van der Waals surface area contributed by atoms with Crippen molar-refractivity contribution in [1.29, 1.82) is 0 Å². The molecule has 0 N–H and O–H groups in total. The van der Waals surface area contributed by atoms with Crippen LogP contribution in [0.4, 0.5) is 0 Å². The molecule has 0 radical (unpaired) electrons. The van der Waals surface area contributed by atoms with Crippen molar-refractivity contribution in [2.45, 2.75) is 19.3 Å². The van der Waals surface area contributed by atoms with Crippen LogP contribution in [0.5, 0.6) is 0 Å². The first-order valence-electron chi connectivity index (χ1n) is 14.6. The summed E-state index contributed by atoms with van der Waals surface area (Å²) in [5.41, 5.74) is 10.8. The van der Waals surface area contributed by atoms with Gasteiger partial charge in [0.25, 0.3) is 0 Å². The summed E-state index contributed by atoms with van der Waals surface area (Å²) in [6.45, 7) is 4.66.